The number of hydrogen-bond acceptors (Lipinski definition) is 5. The standard InChI is InChI=1S/C12H14N4S/c1-7-4-5-9(6-8(7)2)10-14-11(13)16-12(15-10)17-3/h4-6H,1-3H3,(H2,13,14,15,16). The number of hydrogen-bond donors (Lipinski definition) is 1. The average Bonchev–Trinajstić information content (AvgIpc) is 2.32. The highest BCUT2D eigenvalue weighted by atomic mass is 32.2. The molecular formula is C12H14N4S. The molecule has 5 heteroatoms. The maximum absolute atomic E-state index is 5.66. The van der Waals surface area contributed by atoms with Gasteiger partial charge in [-0.05, 0) is 37.3 Å². The third-order valence-electron chi connectivity index (χ3n) is 2.58. The highest BCUT2D eigenvalue weighted by Crippen LogP contribution is 2.21. The van der Waals surface area contributed by atoms with E-state index in [1.807, 2.05) is 12.3 Å². The van der Waals surface area contributed by atoms with E-state index in [4.69, 9.17) is 5.73 Å². The fraction of sp³-hybridized carbons (Fsp3) is 0.250. The number of aromatic nitrogens is 3. The Morgan fingerprint density at radius 3 is 2.47 bits per heavy atom. The molecule has 17 heavy (non-hydrogen) atoms. The van der Waals surface area contributed by atoms with Gasteiger partial charge in [0, 0.05) is 5.56 Å². The summed E-state index contributed by atoms with van der Waals surface area (Å²) in [6.07, 6.45) is 1.92. The number of rotatable bonds is 2. The Bertz CT molecular complexity index is 554. The summed E-state index contributed by atoms with van der Waals surface area (Å²) in [6.45, 7) is 4.15. The van der Waals surface area contributed by atoms with E-state index in [9.17, 15) is 0 Å². The lowest BCUT2D eigenvalue weighted by atomic mass is 10.1. The molecule has 0 amide bonds. The number of nitrogens with two attached hydrogens (primary N) is 1. The van der Waals surface area contributed by atoms with Crippen molar-refractivity contribution in [3.05, 3.63) is 29.3 Å². The van der Waals surface area contributed by atoms with Crippen LogP contribution in [0.4, 0.5) is 5.95 Å². The molecule has 4 nitrogen and oxygen atoms in total. The van der Waals surface area contributed by atoms with E-state index in [0.717, 1.165) is 5.56 Å². The lowest BCUT2D eigenvalue weighted by molar-refractivity contribution is 0.927. The van der Waals surface area contributed by atoms with Crippen LogP contribution >= 0.6 is 11.8 Å². The van der Waals surface area contributed by atoms with E-state index in [1.54, 1.807) is 0 Å². The molecule has 2 N–H and O–H groups in total. The smallest absolute Gasteiger partial charge is 0.224 e. The lowest BCUT2D eigenvalue weighted by Gasteiger charge is -2.05. The summed E-state index contributed by atoms with van der Waals surface area (Å²) in [6, 6.07) is 6.12. The van der Waals surface area contributed by atoms with Gasteiger partial charge in [-0.3, -0.25) is 0 Å². The summed E-state index contributed by atoms with van der Waals surface area (Å²) in [5.41, 5.74) is 9.10. The zero-order valence-corrected chi connectivity index (χ0v) is 10.9. The fourth-order valence-corrected chi connectivity index (χ4v) is 1.84. The number of anilines is 1. The van der Waals surface area contributed by atoms with E-state index in [-0.39, 0.29) is 5.95 Å². The molecule has 0 bridgehead atoms. The molecule has 0 saturated carbocycles. The molecule has 0 spiro atoms. The highest BCUT2D eigenvalue weighted by Gasteiger charge is 2.07. The van der Waals surface area contributed by atoms with Crippen molar-refractivity contribution in [3.63, 3.8) is 0 Å². The van der Waals surface area contributed by atoms with Crippen LogP contribution in [-0.2, 0) is 0 Å². The molecule has 0 aliphatic rings. The Hall–Kier alpha value is -1.62. The quantitative estimate of drug-likeness (QED) is 0.825. The van der Waals surface area contributed by atoms with Crippen molar-refractivity contribution in [2.45, 2.75) is 19.0 Å². The van der Waals surface area contributed by atoms with E-state index in [2.05, 4.69) is 40.9 Å². The van der Waals surface area contributed by atoms with Gasteiger partial charge in [-0.25, -0.2) is 4.98 Å². The predicted molar refractivity (Wildman–Crippen MR) is 70.9 cm³/mol. The maximum Gasteiger partial charge on any atom is 0.224 e. The topological polar surface area (TPSA) is 64.7 Å². The normalized spacial score (nSPS) is 10.5. The molecule has 1 aromatic carbocycles. The largest absolute Gasteiger partial charge is 0.368 e. The Balaban J connectivity index is 2.52. The highest BCUT2D eigenvalue weighted by molar-refractivity contribution is 7.98. The van der Waals surface area contributed by atoms with E-state index >= 15 is 0 Å². The van der Waals surface area contributed by atoms with Crippen LogP contribution in [-0.4, -0.2) is 21.2 Å². The number of aryl methyl sites for hydroxylation is 2. The summed E-state index contributed by atoms with van der Waals surface area (Å²) in [4.78, 5) is 12.6. The maximum atomic E-state index is 5.66. The zero-order chi connectivity index (χ0) is 12.4. The second-order valence-electron chi connectivity index (χ2n) is 3.80. The van der Waals surface area contributed by atoms with Crippen LogP contribution in [0.3, 0.4) is 0 Å². The molecule has 0 aliphatic heterocycles. The molecule has 0 atom stereocenters. The number of benzene rings is 1. The van der Waals surface area contributed by atoms with Gasteiger partial charge in [-0.2, -0.15) is 9.97 Å². The first-order chi connectivity index (χ1) is 8.10. The van der Waals surface area contributed by atoms with Gasteiger partial charge in [-0.15, -0.1) is 0 Å². The van der Waals surface area contributed by atoms with Gasteiger partial charge >= 0.3 is 0 Å². The van der Waals surface area contributed by atoms with Crippen molar-refractivity contribution in [2.75, 3.05) is 12.0 Å². The van der Waals surface area contributed by atoms with Gasteiger partial charge in [-0.1, -0.05) is 23.9 Å². The molecule has 2 aromatic rings. The molecular weight excluding hydrogens is 232 g/mol. The monoisotopic (exact) mass is 246 g/mol. The Morgan fingerprint density at radius 2 is 1.82 bits per heavy atom. The summed E-state index contributed by atoms with van der Waals surface area (Å²) in [5.74, 6) is 0.891. The molecule has 88 valence electrons. The molecule has 0 radical (unpaired) electrons. The molecule has 1 heterocycles. The molecule has 2 rings (SSSR count). The van der Waals surface area contributed by atoms with E-state index in [1.165, 1.54) is 22.9 Å². The second-order valence-corrected chi connectivity index (χ2v) is 4.58. The lowest BCUT2D eigenvalue weighted by Crippen LogP contribution is -2.01. The Morgan fingerprint density at radius 1 is 1.06 bits per heavy atom. The molecule has 1 aromatic heterocycles. The van der Waals surface area contributed by atoms with Crippen molar-refractivity contribution in [1.29, 1.82) is 0 Å². The van der Waals surface area contributed by atoms with Crippen LogP contribution < -0.4 is 5.73 Å². The number of thioether (sulfide) groups is 1. The van der Waals surface area contributed by atoms with Crippen molar-refractivity contribution in [3.8, 4) is 11.4 Å². The van der Waals surface area contributed by atoms with Gasteiger partial charge in [0.2, 0.25) is 5.95 Å². The van der Waals surface area contributed by atoms with E-state index < -0.39 is 0 Å². The minimum atomic E-state index is 0.262. The van der Waals surface area contributed by atoms with Gasteiger partial charge in [0.25, 0.3) is 0 Å². The average molecular weight is 246 g/mol. The Labute approximate surface area is 105 Å². The first-order valence-corrected chi connectivity index (χ1v) is 6.46. The summed E-state index contributed by atoms with van der Waals surface area (Å²) >= 11 is 1.46. The number of nitrogens with zero attached hydrogens (tertiary/aromatic N) is 3. The van der Waals surface area contributed by atoms with E-state index in [0.29, 0.717) is 11.0 Å². The van der Waals surface area contributed by atoms with Crippen LogP contribution in [0.5, 0.6) is 0 Å². The second kappa shape index (κ2) is 4.71. The van der Waals surface area contributed by atoms with Crippen LogP contribution in [0.25, 0.3) is 11.4 Å². The van der Waals surface area contributed by atoms with Crippen molar-refractivity contribution in [2.24, 2.45) is 0 Å². The van der Waals surface area contributed by atoms with Crippen LogP contribution in [0, 0.1) is 13.8 Å². The fourth-order valence-electron chi connectivity index (χ4n) is 1.47. The molecule has 0 saturated heterocycles. The zero-order valence-electron chi connectivity index (χ0n) is 10.1. The van der Waals surface area contributed by atoms with Crippen molar-refractivity contribution in [1.82, 2.24) is 15.0 Å². The number of nitrogen functional groups attached to an aromatic ring is 1. The van der Waals surface area contributed by atoms with Gasteiger partial charge < -0.3 is 5.73 Å². The first kappa shape index (κ1) is 11.9. The summed E-state index contributed by atoms with van der Waals surface area (Å²) in [5, 5.41) is 0.644. The van der Waals surface area contributed by atoms with Crippen molar-refractivity contribution >= 4 is 17.7 Å². The molecule has 0 unspecified atom stereocenters. The van der Waals surface area contributed by atoms with Crippen LogP contribution in [0.2, 0.25) is 0 Å². The SMILES string of the molecule is CSc1nc(N)nc(-c2ccc(C)c(C)c2)n1. The van der Waals surface area contributed by atoms with Crippen LogP contribution in [0.1, 0.15) is 11.1 Å². The van der Waals surface area contributed by atoms with Gasteiger partial charge in [0.15, 0.2) is 11.0 Å². The predicted octanol–water partition coefficient (Wildman–Crippen LogP) is 2.46. The van der Waals surface area contributed by atoms with Crippen LogP contribution in [0.15, 0.2) is 23.4 Å². The van der Waals surface area contributed by atoms with Crippen molar-refractivity contribution < 1.29 is 0 Å². The van der Waals surface area contributed by atoms with Gasteiger partial charge in [0.1, 0.15) is 0 Å². The summed E-state index contributed by atoms with van der Waals surface area (Å²) in [7, 11) is 0. The Kier molecular flexibility index (Phi) is 3.28. The minimum Gasteiger partial charge on any atom is -0.368 e. The third-order valence-corrected chi connectivity index (χ3v) is 3.13. The first-order valence-electron chi connectivity index (χ1n) is 5.23. The molecule has 0 fully saturated rings. The minimum absolute atomic E-state index is 0.262. The third kappa shape index (κ3) is 2.55. The summed E-state index contributed by atoms with van der Waals surface area (Å²) < 4.78 is 0. The molecule has 0 aliphatic carbocycles. The van der Waals surface area contributed by atoms with Gasteiger partial charge in [0.05, 0.1) is 0 Å².